The Morgan fingerprint density at radius 3 is 2.48 bits per heavy atom. The second-order valence-electron chi connectivity index (χ2n) is 8.25. The summed E-state index contributed by atoms with van der Waals surface area (Å²) in [5, 5.41) is -0.0158. The van der Waals surface area contributed by atoms with Gasteiger partial charge in [0.2, 0.25) is 0 Å². The molecule has 0 saturated heterocycles. The molecule has 1 amide bonds. The van der Waals surface area contributed by atoms with E-state index in [9.17, 15) is 13.2 Å². The zero-order chi connectivity index (χ0) is 23.8. The average Bonchev–Trinajstić information content (AvgIpc) is 3.27. The maximum atomic E-state index is 13.7. The molecule has 0 bridgehead atoms. The van der Waals surface area contributed by atoms with Gasteiger partial charge in [-0.3, -0.25) is 14.7 Å². The molecule has 0 saturated carbocycles. The quantitative estimate of drug-likeness (QED) is 0.373. The van der Waals surface area contributed by atoms with Crippen molar-refractivity contribution in [1.82, 2.24) is 9.97 Å². The lowest BCUT2D eigenvalue weighted by molar-refractivity contribution is 0.0985. The summed E-state index contributed by atoms with van der Waals surface area (Å²) in [5.74, 6) is -0.311. The Morgan fingerprint density at radius 2 is 1.82 bits per heavy atom. The second-order valence-corrected chi connectivity index (χ2v) is 11.7. The number of carbonyl (C=O) groups excluding carboxylic acids is 1. The molecule has 0 fully saturated rings. The van der Waals surface area contributed by atoms with Crippen molar-refractivity contribution in [2.75, 3.05) is 4.90 Å². The van der Waals surface area contributed by atoms with Gasteiger partial charge in [-0.1, -0.05) is 35.6 Å². The van der Waals surface area contributed by atoms with Crippen LogP contribution in [0.3, 0.4) is 0 Å². The standard InChI is InChI=1S/C25H25N3O3S2/c1-16(2)33(30,31)21-9-5-8-20(13-21)24(29)28(15-19-7-6-12-26-14-19)25-27-22-17(3)10-11-18(4)23(22)32-25/h5-14,16H,15H2,1-4H3. The fraction of sp³-hybridized carbons (Fsp3) is 0.240. The molecule has 2 aromatic heterocycles. The first kappa shape index (κ1) is 23.1. The van der Waals surface area contributed by atoms with E-state index in [1.165, 1.54) is 23.5 Å². The number of carbonyl (C=O) groups is 1. The van der Waals surface area contributed by atoms with Crippen molar-refractivity contribution in [1.29, 1.82) is 0 Å². The molecule has 33 heavy (non-hydrogen) atoms. The van der Waals surface area contributed by atoms with Gasteiger partial charge < -0.3 is 0 Å². The molecule has 0 atom stereocenters. The molecular weight excluding hydrogens is 454 g/mol. The van der Waals surface area contributed by atoms with Gasteiger partial charge in [-0.15, -0.1) is 0 Å². The van der Waals surface area contributed by atoms with Crippen molar-refractivity contribution in [2.45, 2.75) is 44.4 Å². The summed E-state index contributed by atoms with van der Waals surface area (Å²) < 4.78 is 26.4. The van der Waals surface area contributed by atoms with E-state index < -0.39 is 15.1 Å². The molecule has 0 aliphatic heterocycles. The van der Waals surface area contributed by atoms with Crippen molar-refractivity contribution in [3.63, 3.8) is 0 Å². The van der Waals surface area contributed by atoms with Crippen molar-refractivity contribution in [3.05, 3.63) is 83.2 Å². The van der Waals surface area contributed by atoms with Crippen LogP contribution in [0.4, 0.5) is 5.13 Å². The van der Waals surface area contributed by atoms with E-state index in [1.807, 2.05) is 38.1 Å². The Morgan fingerprint density at radius 1 is 1.06 bits per heavy atom. The molecule has 0 radical (unpaired) electrons. The fourth-order valence-corrected chi connectivity index (χ4v) is 5.71. The van der Waals surface area contributed by atoms with E-state index in [-0.39, 0.29) is 17.3 Å². The number of amides is 1. The van der Waals surface area contributed by atoms with Gasteiger partial charge in [0, 0.05) is 18.0 Å². The van der Waals surface area contributed by atoms with Gasteiger partial charge in [-0.25, -0.2) is 13.4 Å². The minimum absolute atomic E-state index is 0.140. The summed E-state index contributed by atoms with van der Waals surface area (Å²) in [6, 6.07) is 14.0. The molecule has 0 unspecified atom stereocenters. The normalized spacial score (nSPS) is 11.8. The van der Waals surface area contributed by atoms with E-state index in [0.717, 1.165) is 26.9 Å². The van der Waals surface area contributed by atoms with Gasteiger partial charge in [-0.2, -0.15) is 0 Å². The number of fused-ring (bicyclic) bond motifs is 1. The Kier molecular flexibility index (Phi) is 6.32. The van der Waals surface area contributed by atoms with E-state index in [4.69, 9.17) is 4.98 Å². The Bertz CT molecular complexity index is 1390. The summed E-state index contributed by atoms with van der Waals surface area (Å²) in [6.07, 6.45) is 3.39. The number of anilines is 1. The zero-order valence-corrected chi connectivity index (χ0v) is 20.6. The van der Waals surface area contributed by atoms with Crippen LogP contribution in [0.25, 0.3) is 10.2 Å². The average molecular weight is 480 g/mol. The van der Waals surface area contributed by atoms with Crippen molar-refractivity contribution in [3.8, 4) is 0 Å². The minimum Gasteiger partial charge on any atom is -0.279 e. The number of nitrogens with zero attached hydrogens (tertiary/aromatic N) is 3. The van der Waals surface area contributed by atoms with Crippen molar-refractivity contribution >= 4 is 42.4 Å². The molecule has 8 heteroatoms. The Hall–Kier alpha value is -3.10. The molecule has 6 nitrogen and oxygen atoms in total. The minimum atomic E-state index is -3.51. The van der Waals surface area contributed by atoms with E-state index in [0.29, 0.717) is 10.7 Å². The Labute approximate surface area is 197 Å². The van der Waals surface area contributed by atoms with Crippen LogP contribution in [0.15, 0.2) is 65.8 Å². The van der Waals surface area contributed by atoms with Crippen LogP contribution in [0.1, 0.15) is 40.9 Å². The molecule has 0 aliphatic rings. The van der Waals surface area contributed by atoms with E-state index in [2.05, 4.69) is 4.98 Å². The number of hydrogen-bond acceptors (Lipinski definition) is 6. The molecule has 2 heterocycles. The predicted molar refractivity (Wildman–Crippen MR) is 133 cm³/mol. The fourth-order valence-electron chi connectivity index (χ4n) is 3.50. The SMILES string of the molecule is Cc1ccc(C)c2sc(N(Cc3cccnc3)C(=O)c3cccc(S(=O)(=O)C(C)C)c3)nc12. The predicted octanol–water partition coefficient (Wildman–Crippen LogP) is 5.34. The van der Waals surface area contributed by atoms with Crippen LogP contribution in [-0.2, 0) is 16.4 Å². The highest BCUT2D eigenvalue weighted by molar-refractivity contribution is 7.92. The van der Waals surface area contributed by atoms with Gasteiger partial charge in [0.15, 0.2) is 15.0 Å². The molecule has 4 rings (SSSR count). The van der Waals surface area contributed by atoms with Gasteiger partial charge in [-0.05, 0) is 68.7 Å². The van der Waals surface area contributed by atoms with E-state index >= 15 is 0 Å². The smallest absolute Gasteiger partial charge is 0.260 e. The number of aryl methyl sites for hydroxylation is 2. The lowest BCUT2D eigenvalue weighted by Gasteiger charge is -2.20. The van der Waals surface area contributed by atoms with Gasteiger partial charge in [0.25, 0.3) is 5.91 Å². The summed E-state index contributed by atoms with van der Waals surface area (Å²) in [7, 11) is -3.51. The zero-order valence-electron chi connectivity index (χ0n) is 18.9. The number of rotatable bonds is 6. The van der Waals surface area contributed by atoms with E-state index in [1.54, 1.807) is 43.3 Å². The largest absolute Gasteiger partial charge is 0.279 e. The van der Waals surface area contributed by atoms with Crippen LogP contribution in [-0.4, -0.2) is 29.5 Å². The highest BCUT2D eigenvalue weighted by atomic mass is 32.2. The maximum Gasteiger partial charge on any atom is 0.260 e. The van der Waals surface area contributed by atoms with Crippen molar-refractivity contribution in [2.24, 2.45) is 0 Å². The molecule has 170 valence electrons. The van der Waals surface area contributed by atoms with Gasteiger partial charge in [0.1, 0.15) is 0 Å². The van der Waals surface area contributed by atoms with Crippen LogP contribution in [0.2, 0.25) is 0 Å². The molecule has 0 spiro atoms. The highest BCUT2D eigenvalue weighted by Gasteiger charge is 2.25. The Balaban J connectivity index is 1.82. The monoisotopic (exact) mass is 479 g/mol. The molecular formula is C25H25N3O3S2. The number of thiazole rings is 1. The molecule has 4 aromatic rings. The third kappa shape index (κ3) is 4.54. The molecule has 2 aromatic carbocycles. The van der Waals surface area contributed by atoms with Crippen molar-refractivity contribution < 1.29 is 13.2 Å². The van der Waals surface area contributed by atoms with Gasteiger partial charge in [0.05, 0.1) is 26.9 Å². The van der Waals surface area contributed by atoms with Crippen LogP contribution in [0.5, 0.6) is 0 Å². The summed E-state index contributed by atoms with van der Waals surface area (Å²) >= 11 is 1.46. The summed E-state index contributed by atoms with van der Waals surface area (Å²) in [6.45, 7) is 7.55. The van der Waals surface area contributed by atoms with Crippen LogP contribution in [0, 0.1) is 13.8 Å². The second kappa shape index (κ2) is 9.03. The maximum absolute atomic E-state index is 13.7. The summed E-state index contributed by atoms with van der Waals surface area (Å²) in [5.41, 5.74) is 4.16. The first-order valence-corrected chi connectivity index (χ1v) is 13.0. The molecule has 0 N–H and O–H groups in total. The third-order valence-corrected chi connectivity index (χ3v) is 8.87. The van der Waals surface area contributed by atoms with Crippen LogP contribution < -0.4 is 4.90 Å². The van der Waals surface area contributed by atoms with Crippen LogP contribution >= 0.6 is 11.3 Å². The molecule has 0 aliphatic carbocycles. The number of hydrogen-bond donors (Lipinski definition) is 0. The first-order chi connectivity index (χ1) is 15.7. The lowest BCUT2D eigenvalue weighted by atomic mass is 10.1. The first-order valence-electron chi connectivity index (χ1n) is 10.6. The number of benzene rings is 2. The number of pyridine rings is 1. The third-order valence-electron chi connectivity index (χ3n) is 5.50. The number of aromatic nitrogens is 2. The highest BCUT2D eigenvalue weighted by Crippen LogP contribution is 2.34. The topological polar surface area (TPSA) is 80.2 Å². The van der Waals surface area contributed by atoms with Gasteiger partial charge >= 0.3 is 0 Å². The lowest BCUT2D eigenvalue weighted by Crippen LogP contribution is -2.30. The number of sulfone groups is 1. The summed E-state index contributed by atoms with van der Waals surface area (Å²) in [4.78, 5) is 24.4.